The van der Waals surface area contributed by atoms with E-state index in [2.05, 4.69) is 10.5 Å². The Morgan fingerprint density at radius 2 is 2.24 bits per heavy atom. The summed E-state index contributed by atoms with van der Waals surface area (Å²) in [5.41, 5.74) is 3.04. The number of aromatic nitrogens is 1. The van der Waals surface area contributed by atoms with E-state index in [0.29, 0.717) is 26.0 Å². The Hall–Kier alpha value is -2.50. The summed E-state index contributed by atoms with van der Waals surface area (Å²) in [5.74, 6) is 2.78. The van der Waals surface area contributed by atoms with Gasteiger partial charge in [0.2, 0.25) is 5.91 Å². The maximum Gasteiger partial charge on any atom is 0.220 e. The van der Waals surface area contributed by atoms with Crippen molar-refractivity contribution < 1.29 is 18.8 Å². The van der Waals surface area contributed by atoms with E-state index < -0.39 is 0 Å². The average molecular weight is 344 g/mol. The summed E-state index contributed by atoms with van der Waals surface area (Å²) < 4.78 is 16.1. The minimum Gasteiger partial charge on any atom is -0.497 e. The monoisotopic (exact) mass is 344 g/mol. The Bertz CT molecular complexity index is 734. The number of methoxy groups -OCH3 is 1. The van der Waals surface area contributed by atoms with Gasteiger partial charge in [-0.05, 0) is 38.3 Å². The summed E-state index contributed by atoms with van der Waals surface area (Å²) in [4.78, 5) is 12.1. The van der Waals surface area contributed by atoms with Crippen molar-refractivity contribution >= 4 is 5.91 Å². The molecule has 3 rings (SSSR count). The van der Waals surface area contributed by atoms with Crippen LogP contribution in [-0.2, 0) is 17.6 Å². The first kappa shape index (κ1) is 17.3. The number of fused-ring (bicyclic) bond motifs is 1. The van der Waals surface area contributed by atoms with E-state index in [4.69, 9.17) is 14.0 Å². The van der Waals surface area contributed by atoms with Crippen LogP contribution in [0, 0.1) is 19.8 Å². The molecule has 0 spiro atoms. The summed E-state index contributed by atoms with van der Waals surface area (Å²) in [7, 11) is 1.64. The number of benzene rings is 1. The molecule has 0 bridgehead atoms. The van der Waals surface area contributed by atoms with Crippen molar-refractivity contribution in [3.05, 3.63) is 40.8 Å². The lowest BCUT2D eigenvalue weighted by Gasteiger charge is -2.25. The van der Waals surface area contributed by atoms with E-state index in [1.54, 1.807) is 7.11 Å². The molecule has 0 unspecified atom stereocenters. The van der Waals surface area contributed by atoms with Gasteiger partial charge in [-0.3, -0.25) is 4.79 Å². The minimum atomic E-state index is 0.0422. The highest BCUT2D eigenvalue weighted by Crippen LogP contribution is 2.30. The molecule has 25 heavy (non-hydrogen) atoms. The van der Waals surface area contributed by atoms with Crippen molar-refractivity contribution in [3.63, 3.8) is 0 Å². The Kier molecular flexibility index (Phi) is 5.26. The van der Waals surface area contributed by atoms with Crippen LogP contribution in [0.25, 0.3) is 0 Å². The number of ether oxygens (including phenoxy) is 2. The minimum absolute atomic E-state index is 0.0422. The van der Waals surface area contributed by atoms with E-state index in [0.717, 1.165) is 40.5 Å². The summed E-state index contributed by atoms with van der Waals surface area (Å²) >= 11 is 0. The number of carbonyl (C=O) groups excluding carboxylic acids is 1. The van der Waals surface area contributed by atoms with Gasteiger partial charge in [-0.15, -0.1) is 0 Å². The molecule has 1 N–H and O–H groups in total. The van der Waals surface area contributed by atoms with Crippen molar-refractivity contribution in [1.82, 2.24) is 10.5 Å². The Morgan fingerprint density at radius 3 is 2.96 bits per heavy atom. The standard InChI is InChI=1S/C19H24N2O4/c1-12-17(13(2)25-21-12)6-7-19(22)20-10-14-8-15-4-5-16(23-3)9-18(15)24-11-14/h4-5,9,14H,6-8,10-11H2,1-3H3,(H,20,22)/t14-/m1/s1. The summed E-state index contributed by atoms with van der Waals surface area (Å²) in [5, 5.41) is 6.93. The zero-order chi connectivity index (χ0) is 17.8. The van der Waals surface area contributed by atoms with Gasteiger partial charge >= 0.3 is 0 Å². The highest BCUT2D eigenvalue weighted by atomic mass is 16.5. The van der Waals surface area contributed by atoms with Gasteiger partial charge < -0.3 is 19.3 Å². The van der Waals surface area contributed by atoms with Gasteiger partial charge in [0.1, 0.15) is 17.3 Å². The van der Waals surface area contributed by atoms with E-state index in [1.807, 2.05) is 32.0 Å². The van der Waals surface area contributed by atoms with Crippen LogP contribution >= 0.6 is 0 Å². The molecule has 0 aliphatic carbocycles. The van der Waals surface area contributed by atoms with Crippen LogP contribution in [0.15, 0.2) is 22.7 Å². The van der Waals surface area contributed by atoms with Crippen molar-refractivity contribution in [2.75, 3.05) is 20.3 Å². The first-order valence-corrected chi connectivity index (χ1v) is 8.55. The number of hydrogen-bond acceptors (Lipinski definition) is 5. The second-order valence-corrected chi connectivity index (χ2v) is 6.46. The molecule has 0 saturated heterocycles. The van der Waals surface area contributed by atoms with Gasteiger partial charge in [-0.2, -0.15) is 0 Å². The second kappa shape index (κ2) is 7.59. The highest BCUT2D eigenvalue weighted by molar-refractivity contribution is 5.76. The van der Waals surface area contributed by atoms with Crippen LogP contribution in [0.3, 0.4) is 0 Å². The zero-order valence-corrected chi connectivity index (χ0v) is 14.9. The van der Waals surface area contributed by atoms with Gasteiger partial charge in [0.05, 0.1) is 19.4 Å². The van der Waals surface area contributed by atoms with Gasteiger partial charge in [-0.1, -0.05) is 11.2 Å². The summed E-state index contributed by atoms with van der Waals surface area (Å²) in [6.45, 7) is 4.99. The molecular formula is C19H24N2O4. The first-order valence-electron chi connectivity index (χ1n) is 8.55. The number of hydrogen-bond donors (Lipinski definition) is 1. The number of carbonyl (C=O) groups is 1. The molecular weight excluding hydrogens is 320 g/mol. The van der Waals surface area contributed by atoms with Crippen LogP contribution in [0.4, 0.5) is 0 Å². The maximum absolute atomic E-state index is 12.1. The maximum atomic E-state index is 12.1. The number of amides is 1. The van der Waals surface area contributed by atoms with E-state index in [9.17, 15) is 4.79 Å². The third-order valence-corrected chi connectivity index (χ3v) is 4.63. The number of nitrogens with one attached hydrogen (secondary N) is 1. The van der Waals surface area contributed by atoms with Crippen LogP contribution in [0.2, 0.25) is 0 Å². The molecule has 0 fully saturated rings. The largest absolute Gasteiger partial charge is 0.497 e. The quantitative estimate of drug-likeness (QED) is 0.872. The molecule has 6 nitrogen and oxygen atoms in total. The zero-order valence-electron chi connectivity index (χ0n) is 14.9. The van der Waals surface area contributed by atoms with Crippen LogP contribution < -0.4 is 14.8 Å². The molecule has 1 atom stereocenters. The second-order valence-electron chi connectivity index (χ2n) is 6.46. The normalized spacial score (nSPS) is 16.0. The van der Waals surface area contributed by atoms with Crippen LogP contribution in [0.1, 0.15) is 29.0 Å². The van der Waals surface area contributed by atoms with Gasteiger partial charge in [0.25, 0.3) is 0 Å². The van der Waals surface area contributed by atoms with Crippen LogP contribution in [-0.4, -0.2) is 31.3 Å². The SMILES string of the molecule is COc1ccc2c(c1)OC[C@@H](CNC(=O)CCc1c(C)noc1C)C2. The molecule has 134 valence electrons. The van der Waals surface area contributed by atoms with E-state index in [-0.39, 0.29) is 11.8 Å². The lowest BCUT2D eigenvalue weighted by molar-refractivity contribution is -0.121. The first-order chi connectivity index (χ1) is 12.1. The fraction of sp³-hybridized carbons (Fsp3) is 0.474. The summed E-state index contributed by atoms with van der Waals surface area (Å²) in [6, 6.07) is 5.88. The molecule has 1 aromatic heterocycles. The lowest BCUT2D eigenvalue weighted by atomic mass is 9.96. The van der Waals surface area contributed by atoms with Gasteiger partial charge in [0.15, 0.2) is 0 Å². The predicted molar refractivity (Wildman–Crippen MR) is 93.0 cm³/mol. The number of rotatable bonds is 6. The highest BCUT2D eigenvalue weighted by Gasteiger charge is 2.21. The fourth-order valence-corrected chi connectivity index (χ4v) is 3.12. The smallest absolute Gasteiger partial charge is 0.220 e. The number of aryl methyl sites for hydroxylation is 2. The average Bonchev–Trinajstić information content (AvgIpc) is 2.95. The third kappa shape index (κ3) is 4.13. The molecule has 1 aromatic carbocycles. The van der Waals surface area contributed by atoms with Crippen LogP contribution in [0.5, 0.6) is 11.5 Å². The Morgan fingerprint density at radius 1 is 1.40 bits per heavy atom. The molecule has 6 heteroatoms. The number of nitrogens with zero attached hydrogens (tertiary/aromatic N) is 1. The van der Waals surface area contributed by atoms with Crippen molar-refractivity contribution in [2.24, 2.45) is 5.92 Å². The van der Waals surface area contributed by atoms with Gasteiger partial charge in [-0.25, -0.2) is 0 Å². The fourth-order valence-electron chi connectivity index (χ4n) is 3.12. The van der Waals surface area contributed by atoms with Crippen molar-refractivity contribution in [3.8, 4) is 11.5 Å². The molecule has 2 aromatic rings. The topological polar surface area (TPSA) is 73.6 Å². The molecule has 1 aliphatic rings. The molecule has 2 heterocycles. The van der Waals surface area contributed by atoms with Crippen molar-refractivity contribution in [2.45, 2.75) is 33.1 Å². The lowest BCUT2D eigenvalue weighted by Crippen LogP contribution is -2.34. The van der Waals surface area contributed by atoms with E-state index in [1.165, 1.54) is 0 Å². The summed E-state index contributed by atoms with van der Waals surface area (Å²) in [6.07, 6.45) is 1.98. The molecule has 0 radical (unpaired) electrons. The predicted octanol–water partition coefficient (Wildman–Crippen LogP) is 2.60. The van der Waals surface area contributed by atoms with Gasteiger partial charge in [0, 0.05) is 30.5 Å². The molecule has 1 aliphatic heterocycles. The third-order valence-electron chi connectivity index (χ3n) is 4.63. The molecule has 0 saturated carbocycles. The van der Waals surface area contributed by atoms with Crippen molar-refractivity contribution in [1.29, 1.82) is 0 Å². The Balaban J connectivity index is 1.46. The Labute approximate surface area is 147 Å². The molecule has 1 amide bonds. The van der Waals surface area contributed by atoms with E-state index >= 15 is 0 Å².